The summed E-state index contributed by atoms with van der Waals surface area (Å²) in [5.74, 6) is -1.42. The van der Waals surface area contributed by atoms with Gasteiger partial charge in [-0.2, -0.15) is 0 Å². The number of carbonyl (C=O) groups is 2. The van der Waals surface area contributed by atoms with Crippen LogP contribution in [0.4, 0.5) is 0 Å². The fourth-order valence-corrected chi connectivity index (χ4v) is 3.10. The minimum Gasteiger partial charge on any atom is -0.481 e. The number of aliphatic carboxylic acids is 2. The zero-order chi connectivity index (χ0) is 20.5. The van der Waals surface area contributed by atoms with Gasteiger partial charge in [-0.3, -0.25) is 9.59 Å². The van der Waals surface area contributed by atoms with Gasteiger partial charge in [0, 0.05) is 12.8 Å². The first-order valence-corrected chi connectivity index (χ1v) is 9.54. The summed E-state index contributed by atoms with van der Waals surface area (Å²) in [4.78, 5) is 19.2. The SMILES string of the molecule is CCCC(=O)O.CCCC(=O)O.c1cc2ccc3cccc4ccc(c1)c2c34. The smallest absolute Gasteiger partial charge is 0.303 e. The van der Waals surface area contributed by atoms with Gasteiger partial charge in [-0.1, -0.05) is 74.5 Å². The topological polar surface area (TPSA) is 74.6 Å². The van der Waals surface area contributed by atoms with E-state index in [2.05, 4.69) is 60.7 Å². The molecule has 0 unspecified atom stereocenters. The summed E-state index contributed by atoms with van der Waals surface area (Å²) in [5.41, 5.74) is 0. The van der Waals surface area contributed by atoms with Crippen molar-refractivity contribution in [1.29, 1.82) is 0 Å². The Labute approximate surface area is 164 Å². The maximum Gasteiger partial charge on any atom is 0.303 e. The zero-order valence-electron chi connectivity index (χ0n) is 16.3. The van der Waals surface area contributed by atoms with E-state index in [1.54, 1.807) is 0 Å². The van der Waals surface area contributed by atoms with E-state index in [4.69, 9.17) is 10.2 Å². The lowest BCUT2D eigenvalue weighted by molar-refractivity contribution is -0.138. The van der Waals surface area contributed by atoms with Crippen molar-refractivity contribution in [3.05, 3.63) is 60.7 Å². The first kappa shape index (κ1) is 21.2. The molecule has 146 valence electrons. The van der Waals surface area contributed by atoms with Gasteiger partial charge in [0.05, 0.1) is 0 Å². The largest absolute Gasteiger partial charge is 0.481 e. The molecule has 0 radical (unpaired) electrons. The van der Waals surface area contributed by atoms with Crippen molar-refractivity contribution in [2.45, 2.75) is 39.5 Å². The second kappa shape index (κ2) is 10.3. The quantitative estimate of drug-likeness (QED) is 0.407. The van der Waals surface area contributed by atoms with E-state index in [0.29, 0.717) is 12.8 Å². The molecule has 0 aliphatic heterocycles. The maximum atomic E-state index is 9.60. The van der Waals surface area contributed by atoms with Gasteiger partial charge in [-0.05, 0) is 45.2 Å². The van der Waals surface area contributed by atoms with Gasteiger partial charge in [0.1, 0.15) is 0 Å². The minimum absolute atomic E-state index is 0.292. The summed E-state index contributed by atoms with van der Waals surface area (Å²) in [6, 6.07) is 21.9. The zero-order valence-corrected chi connectivity index (χ0v) is 16.3. The third-order valence-electron chi connectivity index (χ3n) is 4.32. The Morgan fingerprint density at radius 2 is 0.893 bits per heavy atom. The van der Waals surface area contributed by atoms with Crippen molar-refractivity contribution < 1.29 is 19.8 Å². The van der Waals surface area contributed by atoms with Crippen LogP contribution >= 0.6 is 0 Å². The molecule has 0 bridgehead atoms. The second-order valence-corrected chi connectivity index (χ2v) is 6.58. The fraction of sp³-hybridized carbons (Fsp3) is 0.250. The predicted octanol–water partition coefficient (Wildman–Crippen LogP) is 6.33. The van der Waals surface area contributed by atoms with Crippen molar-refractivity contribution in [3.8, 4) is 0 Å². The molecule has 0 fully saturated rings. The Balaban J connectivity index is 0.000000197. The first-order chi connectivity index (χ1) is 13.5. The van der Waals surface area contributed by atoms with Crippen LogP contribution < -0.4 is 0 Å². The van der Waals surface area contributed by atoms with Crippen LogP contribution in [0.25, 0.3) is 32.3 Å². The normalized spacial score (nSPS) is 10.2. The van der Waals surface area contributed by atoms with Gasteiger partial charge in [0.15, 0.2) is 0 Å². The molecule has 4 rings (SSSR count). The van der Waals surface area contributed by atoms with Crippen molar-refractivity contribution in [2.24, 2.45) is 0 Å². The number of benzene rings is 4. The van der Waals surface area contributed by atoms with E-state index in [9.17, 15) is 9.59 Å². The molecule has 4 nitrogen and oxygen atoms in total. The van der Waals surface area contributed by atoms with Crippen LogP contribution in [0.1, 0.15) is 39.5 Å². The van der Waals surface area contributed by atoms with Crippen LogP contribution in [0.15, 0.2) is 60.7 Å². The number of carboxylic acid groups (broad SMARTS) is 2. The highest BCUT2D eigenvalue weighted by molar-refractivity contribution is 6.22. The summed E-state index contributed by atoms with van der Waals surface area (Å²) in [6.45, 7) is 3.68. The van der Waals surface area contributed by atoms with Crippen molar-refractivity contribution in [1.82, 2.24) is 0 Å². The van der Waals surface area contributed by atoms with Crippen molar-refractivity contribution in [3.63, 3.8) is 0 Å². The molecule has 0 spiro atoms. The average molecular weight is 378 g/mol. The van der Waals surface area contributed by atoms with Crippen molar-refractivity contribution in [2.75, 3.05) is 0 Å². The van der Waals surface area contributed by atoms with Crippen LogP contribution in [0.5, 0.6) is 0 Å². The summed E-state index contributed by atoms with van der Waals surface area (Å²) in [5, 5.41) is 24.0. The lowest BCUT2D eigenvalue weighted by Crippen LogP contribution is -1.90. The monoisotopic (exact) mass is 378 g/mol. The molecule has 4 heteroatoms. The van der Waals surface area contributed by atoms with E-state index >= 15 is 0 Å². The highest BCUT2D eigenvalue weighted by Gasteiger charge is 2.05. The Morgan fingerprint density at radius 3 is 1.07 bits per heavy atom. The van der Waals surface area contributed by atoms with E-state index in [0.717, 1.165) is 12.8 Å². The highest BCUT2D eigenvalue weighted by Crippen LogP contribution is 2.33. The molecule has 0 amide bonds. The van der Waals surface area contributed by atoms with E-state index in [1.165, 1.54) is 32.3 Å². The van der Waals surface area contributed by atoms with Crippen LogP contribution in [-0.2, 0) is 9.59 Å². The van der Waals surface area contributed by atoms with Crippen LogP contribution in [0.2, 0.25) is 0 Å². The van der Waals surface area contributed by atoms with Crippen LogP contribution in [-0.4, -0.2) is 22.2 Å². The van der Waals surface area contributed by atoms with Crippen molar-refractivity contribution >= 4 is 44.3 Å². The molecular weight excluding hydrogens is 352 g/mol. The molecule has 0 heterocycles. The molecule has 0 aliphatic rings. The fourth-order valence-electron chi connectivity index (χ4n) is 3.10. The number of hydrogen-bond donors (Lipinski definition) is 2. The number of rotatable bonds is 4. The second-order valence-electron chi connectivity index (χ2n) is 6.58. The predicted molar refractivity (Wildman–Crippen MR) is 115 cm³/mol. The Bertz CT molecular complexity index is 906. The van der Waals surface area contributed by atoms with Crippen LogP contribution in [0, 0.1) is 0 Å². The Hall–Kier alpha value is -3.14. The lowest BCUT2D eigenvalue weighted by Gasteiger charge is -2.09. The van der Waals surface area contributed by atoms with Gasteiger partial charge in [-0.15, -0.1) is 0 Å². The molecule has 28 heavy (non-hydrogen) atoms. The molecule has 4 aromatic rings. The first-order valence-electron chi connectivity index (χ1n) is 9.54. The van der Waals surface area contributed by atoms with Gasteiger partial charge >= 0.3 is 11.9 Å². The summed E-state index contributed by atoms with van der Waals surface area (Å²) in [7, 11) is 0. The van der Waals surface area contributed by atoms with E-state index in [1.807, 2.05) is 13.8 Å². The standard InChI is InChI=1S/C16H10.2C4H8O2/c1-3-11-7-9-13-5-2-6-14-10-8-12(4-1)15(11)16(13)14;2*1-2-3-4(5)6/h1-10H;2*2-3H2,1H3,(H,5,6). The Kier molecular flexibility index (Phi) is 7.76. The minimum atomic E-state index is -0.711. The third-order valence-corrected chi connectivity index (χ3v) is 4.32. The molecule has 0 saturated carbocycles. The summed E-state index contributed by atoms with van der Waals surface area (Å²) < 4.78 is 0. The van der Waals surface area contributed by atoms with Crippen LogP contribution in [0.3, 0.4) is 0 Å². The van der Waals surface area contributed by atoms with Gasteiger partial charge in [0.2, 0.25) is 0 Å². The van der Waals surface area contributed by atoms with E-state index < -0.39 is 11.9 Å². The molecule has 2 N–H and O–H groups in total. The summed E-state index contributed by atoms with van der Waals surface area (Å²) in [6.07, 6.45) is 2.05. The Morgan fingerprint density at radius 1 is 0.607 bits per heavy atom. The van der Waals surface area contributed by atoms with Gasteiger partial charge in [0.25, 0.3) is 0 Å². The van der Waals surface area contributed by atoms with Gasteiger partial charge in [-0.25, -0.2) is 0 Å². The lowest BCUT2D eigenvalue weighted by atomic mass is 9.95. The molecule has 0 aromatic heterocycles. The highest BCUT2D eigenvalue weighted by atomic mass is 16.4. The third kappa shape index (κ3) is 5.43. The average Bonchev–Trinajstić information content (AvgIpc) is 2.67. The van der Waals surface area contributed by atoms with Gasteiger partial charge < -0.3 is 10.2 Å². The molecule has 0 saturated heterocycles. The molecule has 0 aliphatic carbocycles. The number of hydrogen-bond acceptors (Lipinski definition) is 2. The summed E-state index contributed by atoms with van der Waals surface area (Å²) >= 11 is 0. The molecular formula is C24H26O4. The maximum absolute atomic E-state index is 9.60. The molecule has 4 aromatic carbocycles. The number of carboxylic acids is 2. The molecule has 0 atom stereocenters. The van der Waals surface area contributed by atoms with E-state index in [-0.39, 0.29) is 0 Å².